The van der Waals surface area contributed by atoms with E-state index in [0.717, 1.165) is 27.0 Å². The number of hydrogen-bond donors (Lipinski definition) is 1. The Balaban J connectivity index is 2.19. The van der Waals surface area contributed by atoms with Crippen LogP contribution in [-0.4, -0.2) is 29.8 Å². The molecule has 0 bridgehead atoms. The minimum atomic E-state index is 0.461. The zero-order valence-electron chi connectivity index (χ0n) is 11.3. The van der Waals surface area contributed by atoms with Crippen molar-refractivity contribution >= 4 is 34.0 Å². The van der Waals surface area contributed by atoms with Crippen LogP contribution in [0.25, 0.3) is 5.78 Å². The summed E-state index contributed by atoms with van der Waals surface area (Å²) in [5, 5.41) is 13.7. The Labute approximate surface area is 123 Å². The van der Waals surface area contributed by atoms with Crippen LogP contribution in [0.3, 0.4) is 0 Å². The van der Waals surface area contributed by atoms with E-state index in [4.69, 9.17) is 5.73 Å². The van der Waals surface area contributed by atoms with Crippen LogP contribution in [0.15, 0.2) is 9.37 Å². The molecule has 7 nitrogen and oxygen atoms in total. The Kier molecular flexibility index (Phi) is 3.30. The van der Waals surface area contributed by atoms with E-state index in [-0.39, 0.29) is 0 Å². The van der Waals surface area contributed by atoms with Gasteiger partial charge in [-0.25, -0.2) is 4.98 Å². The molecule has 0 saturated heterocycles. The third-order valence-corrected chi connectivity index (χ3v) is 4.73. The highest BCUT2D eigenvalue weighted by atomic mass is 32.2. The second-order valence-electron chi connectivity index (χ2n) is 4.21. The SMILES string of the molecule is CCc1c(C)nc2nc(C)nn2c1Sc1nnc(N)s1. The normalized spacial score (nSPS) is 11.3. The maximum absolute atomic E-state index is 5.63. The Bertz CT molecular complexity index is 777. The highest BCUT2D eigenvalue weighted by Crippen LogP contribution is 2.34. The summed E-state index contributed by atoms with van der Waals surface area (Å²) in [6.07, 6.45) is 0.865. The number of nitrogens with two attached hydrogens (primary N) is 1. The first-order valence-corrected chi connectivity index (χ1v) is 7.71. The van der Waals surface area contributed by atoms with Gasteiger partial charge in [0.05, 0.1) is 0 Å². The lowest BCUT2D eigenvalue weighted by Gasteiger charge is -2.09. The second kappa shape index (κ2) is 4.98. The van der Waals surface area contributed by atoms with E-state index in [1.165, 1.54) is 23.1 Å². The first-order valence-electron chi connectivity index (χ1n) is 6.08. The zero-order chi connectivity index (χ0) is 14.3. The van der Waals surface area contributed by atoms with Crippen molar-refractivity contribution < 1.29 is 0 Å². The van der Waals surface area contributed by atoms with Gasteiger partial charge in [-0.15, -0.1) is 15.3 Å². The van der Waals surface area contributed by atoms with E-state index < -0.39 is 0 Å². The number of nitrogens with zero attached hydrogens (tertiary/aromatic N) is 6. The number of hydrogen-bond acceptors (Lipinski definition) is 8. The van der Waals surface area contributed by atoms with Crippen molar-refractivity contribution in [2.75, 3.05) is 5.73 Å². The molecule has 3 aromatic rings. The van der Waals surface area contributed by atoms with Gasteiger partial charge >= 0.3 is 0 Å². The molecule has 3 heterocycles. The molecule has 0 radical (unpaired) electrons. The van der Waals surface area contributed by atoms with Crippen molar-refractivity contribution in [3.63, 3.8) is 0 Å². The van der Waals surface area contributed by atoms with Crippen LogP contribution in [0.1, 0.15) is 24.0 Å². The van der Waals surface area contributed by atoms with Crippen molar-refractivity contribution in [2.24, 2.45) is 0 Å². The molecule has 104 valence electrons. The van der Waals surface area contributed by atoms with Crippen LogP contribution in [0.5, 0.6) is 0 Å². The number of aromatic nitrogens is 6. The molecule has 3 rings (SSSR count). The largest absolute Gasteiger partial charge is 0.374 e. The second-order valence-corrected chi connectivity index (χ2v) is 6.46. The Morgan fingerprint density at radius 3 is 2.70 bits per heavy atom. The van der Waals surface area contributed by atoms with Gasteiger partial charge in [0.15, 0.2) is 4.34 Å². The topological polar surface area (TPSA) is 94.9 Å². The summed E-state index contributed by atoms with van der Waals surface area (Å²) in [5.41, 5.74) is 7.74. The molecule has 0 unspecified atom stereocenters. The molecule has 0 aromatic carbocycles. The van der Waals surface area contributed by atoms with Crippen LogP contribution in [-0.2, 0) is 6.42 Å². The third kappa shape index (κ3) is 2.22. The summed E-state index contributed by atoms with van der Waals surface area (Å²) in [4.78, 5) is 8.82. The fourth-order valence-electron chi connectivity index (χ4n) is 1.97. The minimum Gasteiger partial charge on any atom is -0.374 e. The number of rotatable bonds is 3. The molecule has 0 aliphatic rings. The lowest BCUT2D eigenvalue weighted by Crippen LogP contribution is -2.04. The van der Waals surface area contributed by atoms with Gasteiger partial charge in [-0.05, 0) is 32.0 Å². The van der Waals surface area contributed by atoms with Crippen LogP contribution in [0, 0.1) is 13.8 Å². The van der Waals surface area contributed by atoms with Gasteiger partial charge in [-0.1, -0.05) is 18.3 Å². The van der Waals surface area contributed by atoms with Crippen LogP contribution in [0.4, 0.5) is 5.13 Å². The Hall–Kier alpha value is -1.74. The van der Waals surface area contributed by atoms with E-state index in [1.807, 2.05) is 13.8 Å². The molecular formula is C11H13N7S2. The van der Waals surface area contributed by atoms with Crippen molar-refractivity contribution in [3.05, 3.63) is 17.1 Å². The average Bonchev–Trinajstić information content (AvgIpc) is 2.95. The Morgan fingerprint density at radius 2 is 2.05 bits per heavy atom. The standard InChI is InChI=1S/C11H13N7S2/c1-4-7-5(2)13-10-14-6(3)17-18(10)8(7)19-11-16-15-9(12)20-11/h4H2,1-3H3,(H2,12,15). The molecule has 2 N–H and O–H groups in total. The highest BCUT2D eigenvalue weighted by molar-refractivity contribution is 8.01. The number of aryl methyl sites for hydroxylation is 2. The van der Waals surface area contributed by atoms with Crippen molar-refractivity contribution in [3.8, 4) is 0 Å². The predicted molar refractivity (Wildman–Crippen MR) is 78.1 cm³/mol. The first kappa shape index (κ1) is 13.3. The molecule has 20 heavy (non-hydrogen) atoms. The molecular weight excluding hydrogens is 294 g/mol. The molecule has 0 aliphatic carbocycles. The van der Waals surface area contributed by atoms with Crippen molar-refractivity contribution in [1.29, 1.82) is 0 Å². The minimum absolute atomic E-state index is 0.461. The summed E-state index contributed by atoms with van der Waals surface area (Å²) in [6, 6.07) is 0. The summed E-state index contributed by atoms with van der Waals surface area (Å²) in [6.45, 7) is 5.94. The lowest BCUT2D eigenvalue weighted by molar-refractivity contribution is 0.786. The van der Waals surface area contributed by atoms with Crippen molar-refractivity contribution in [1.82, 2.24) is 29.8 Å². The Morgan fingerprint density at radius 1 is 1.25 bits per heavy atom. The van der Waals surface area contributed by atoms with Gasteiger partial charge in [0.25, 0.3) is 5.78 Å². The van der Waals surface area contributed by atoms with Crippen LogP contribution < -0.4 is 5.73 Å². The molecule has 0 spiro atoms. The predicted octanol–water partition coefficient (Wildman–Crippen LogP) is 1.89. The summed E-state index contributed by atoms with van der Waals surface area (Å²) in [7, 11) is 0. The van der Waals surface area contributed by atoms with Gasteiger partial charge in [-0.3, -0.25) is 0 Å². The van der Waals surface area contributed by atoms with E-state index in [2.05, 4.69) is 32.2 Å². The lowest BCUT2D eigenvalue weighted by atomic mass is 10.2. The monoisotopic (exact) mass is 307 g/mol. The van der Waals surface area contributed by atoms with E-state index in [9.17, 15) is 0 Å². The molecule has 0 fully saturated rings. The molecule has 3 aromatic heterocycles. The smallest absolute Gasteiger partial charge is 0.253 e. The third-order valence-electron chi connectivity index (χ3n) is 2.81. The number of fused-ring (bicyclic) bond motifs is 1. The van der Waals surface area contributed by atoms with Gasteiger partial charge in [-0.2, -0.15) is 9.50 Å². The molecule has 0 saturated carbocycles. The quantitative estimate of drug-likeness (QED) is 0.738. The maximum atomic E-state index is 5.63. The van der Waals surface area contributed by atoms with Crippen LogP contribution >= 0.6 is 23.1 Å². The summed E-state index contributed by atoms with van der Waals surface area (Å²) in [5.74, 6) is 1.31. The summed E-state index contributed by atoms with van der Waals surface area (Å²) >= 11 is 2.86. The van der Waals surface area contributed by atoms with Gasteiger partial charge in [0.2, 0.25) is 5.13 Å². The van der Waals surface area contributed by atoms with Crippen molar-refractivity contribution in [2.45, 2.75) is 36.6 Å². The highest BCUT2D eigenvalue weighted by Gasteiger charge is 2.17. The number of nitrogen functional groups attached to an aromatic ring is 1. The zero-order valence-corrected chi connectivity index (χ0v) is 12.9. The van der Waals surface area contributed by atoms with Gasteiger partial charge < -0.3 is 5.73 Å². The fraction of sp³-hybridized carbons (Fsp3) is 0.364. The number of anilines is 1. The maximum Gasteiger partial charge on any atom is 0.253 e. The molecule has 0 aliphatic heterocycles. The first-order chi connectivity index (χ1) is 9.58. The fourth-order valence-corrected chi connectivity index (χ4v) is 3.84. The van der Waals surface area contributed by atoms with E-state index in [1.54, 1.807) is 4.52 Å². The average molecular weight is 307 g/mol. The van der Waals surface area contributed by atoms with Gasteiger partial charge in [0.1, 0.15) is 10.9 Å². The van der Waals surface area contributed by atoms with E-state index >= 15 is 0 Å². The van der Waals surface area contributed by atoms with E-state index in [0.29, 0.717) is 16.7 Å². The van der Waals surface area contributed by atoms with Gasteiger partial charge in [0, 0.05) is 11.3 Å². The summed E-state index contributed by atoms with van der Waals surface area (Å²) < 4.78 is 2.56. The van der Waals surface area contributed by atoms with Crippen LogP contribution in [0.2, 0.25) is 0 Å². The molecule has 0 atom stereocenters. The molecule has 9 heteroatoms. The molecule has 0 amide bonds.